The molecule has 0 spiro atoms. The summed E-state index contributed by atoms with van der Waals surface area (Å²) >= 11 is 4.60. The fourth-order valence-electron chi connectivity index (χ4n) is 1.23. The minimum atomic E-state index is -0.338. The van der Waals surface area contributed by atoms with Crippen LogP contribution in [0, 0.1) is 5.82 Å². The van der Waals surface area contributed by atoms with Gasteiger partial charge in [0.05, 0.1) is 33.6 Å². The van der Waals surface area contributed by atoms with Crippen LogP contribution in [-0.4, -0.2) is 4.98 Å². The number of nitrogens with two attached hydrogens (primary N) is 1. The van der Waals surface area contributed by atoms with Crippen LogP contribution in [0.25, 0.3) is 0 Å². The molecule has 0 fully saturated rings. The summed E-state index contributed by atoms with van der Waals surface area (Å²) in [6.45, 7) is 0.536. The molecule has 0 bridgehead atoms. The third-order valence-electron chi connectivity index (χ3n) is 2.04. The monoisotopic (exact) mass is 301 g/mol. The molecule has 0 saturated heterocycles. The van der Waals surface area contributed by atoms with Gasteiger partial charge in [-0.1, -0.05) is 0 Å². The van der Waals surface area contributed by atoms with Crippen LogP contribution in [0.2, 0.25) is 0 Å². The van der Waals surface area contributed by atoms with E-state index in [1.165, 1.54) is 17.4 Å². The van der Waals surface area contributed by atoms with Crippen molar-refractivity contribution in [1.82, 2.24) is 4.98 Å². The van der Waals surface area contributed by atoms with Crippen molar-refractivity contribution in [3.63, 3.8) is 0 Å². The van der Waals surface area contributed by atoms with E-state index in [2.05, 4.69) is 26.2 Å². The maximum atomic E-state index is 13.3. The third kappa shape index (κ3) is 2.51. The number of nitrogen functional groups attached to an aromatic ring is 1. The SMILES string of the molecule is Nc1cc(Br)c(F)cc1NCc1cscn1. The number of halogens is 2. The molecule has 0 atom stereocenters. The minimum Gasteiger partial charge on any atom is -0.397 e. The average Bonchev–Trinajstić information content (AvgIpc) is 2.74. The summed E-state index contributed by atoms with van der Waals surface area (Å²) in [5.41, 5.74) is 9.50. The van der Waals surface area contributed by atoms with Crippen molar-refractivity contribution in [1.29, 1.82) is 0 Å². The molecule has 0 aliphatic heterocycles. The topological polar surface area (TPSA) is 50.9 Å². The van der Waals surface area contributed by atoms with E-state index in [4.69, 9.17) is 5.73 Å². The first-order valence-corrected chi connectivity index (χ1v) is 6.26. The molecular weight excluding hydrogens is 293 g/mol. The molecule has 0 radical (unpaired) electrons. The Morgan fingerprint density at radius 1 is 1.50 bits per heavy atom. The highest BCUT2D eigenvalue weighted by atomic mass is 79.9. The molecule has 3 N–H and O–H groups in total. The van der Waals surface area contributed by atoms with E-state index in [1.54, 1.807) is 11.6 Å². The number of nitrogens with one attached hydrogen (secondary N) is 1. The first kappa shape index (κ1) is 11.3. The van der Waals surface area contributed by atoms with Crippen LogP contribution in [0.1, 0.15) is 5.69 Å². The fraction of sp³-hybridized carbons (Fsp3) is 0.100. The van der Waals surface area contributed by atoms with Crippen molar-refractivity contribution in [3.05, 3.63) is 39.0 Å². The molecule has 6 heteroatoms. The Hall–Kier alpha value is -1.14. The zero-order valence-corrected chi connectivity index (χ0v) is 10.6. The van der Waals surface area contributed by atoms with Gasteiger partial charge in [0.25, 0.3) is 0 Å². The van der Waals surface area contributed by atoms with Gasteiger partial charge in [0.2, 0.25) is 0 Å². The van der Waals surface area contributed by atoms with Crippen LogP contribution in [-0.2, 0) is 6.54 Å². The number of aromatic nitrogens is 1. The Bertz CT molecular complexity index is 487. The molecule has 0 saturated carbocycles. The van der Waals surface area contributed by atoms with Gasteiger partial charge in [-0.25, -0.2) is 9.37 Å². The van der Waals surface area contributed by atoms with Crippen molar-refractivity contribution in [2.75, 3.05) is 11.1 Å². The lowest BCUT2D eigenvalue weighted by Gasteiger charge is -2.08. The van der Waals surface area contributed by atoms with Crippen molar-refractivity contribution in [2.45, 2.75) is 6.54 Å². The number of nitrogens with zero attached hydrogens (tertiary/aromatic N) is 1. The van der Waals surface area contributed by atoms with E-state index in [0.29, 0.717) is 22.4 Å². The molecule has 84 valence electrons. The summed E-state index contributed by atoms with van der Waals surface area (Å²) in [5, 5.41) is 4.97. The zero-order chi connectivity index (χ0) is 11.5. The van der Waals surface area contributed by atoms with Crippen molar-refractivity contribution in [3.8, 4) is 0 Å². The number of thiazole rings is 1. The molecule has 0 amide bonds. The second-order valence-corrected chi connectivity index (χ2v) is 4.76. The van der Waals surface area contributed by atoms with Crippen LogP contribution >= 0.6 is 27.3 Å². The van der Waals surface area contributed by atoms with Gasteiger partial charge in [-0.15, -0.1) is 11.3 Å². The summed E-state index contributed by atoms with van der Waals surface area (Å²) in [5.74, 6) is -0.338. The maximum absolute atomic E-state index is 13.3. The predicted molar refractivity (Wildman–Crippen MR) is 68.0 cm³/mol. The second kappa shape index (κ2) is 4.80. The number of hydrogen-bond donors (Lipinski definition) is 2. The normalized spacial score (nSPS) is 10.4. The first-order chi connectivity index (χ1) is 7.66. The molecule has 0 unspecified atom stereocenters. The number of rotatable bonds is 3. The first-order valence-electron chi connectivity index (χ1n) is 4.52. The van der Waals surface area contributed by atoms with Gasteiger partial charge in [-0.2, -0.15) is 0 Å². The van der Waals surface area contributed by atoms with Gasteiger partial charge in [0.1, 0.15) is 5.82 Å². The lowest BCUT2D eigenvalue weighted by atomic mass is 10.2. The number of hydrogen-bond acceptors (Lipinski definition) is 4. The highest BCUT2D eigenvalue weighted by Crippen LogP contribution is 2.26. The summed E-state index contributed by atoms with van der Waals surface area (Å²) < 4.78 is 13.6. The van der Waals surface area contributed by atoms with Gasteiger partial charge in [0, 0.05) is 11.4 Å². The summed E-state index contributed by atoms with van der Waals surface area (Å²) in [6, 6.07) is 2.91. The largest absolute Gasteiger partial charge is 0.397 e. The Balaban J connectivity index is 2.12. The Morgan fingerprint density at radius 3 is 3.00 bits per heavy atom. The van der Waals surface area contributed by atoms with Crippen molar-refractivity contribution in [2.24, 2.45) is 0 Å². The van der Waals surface area contributed by atoms with E-state index in [1.807, 2.05) is 5.38 Å². The third-order valence-corrected chi connectivity index (χ3v) is 3.28. The molecule has 0 aliphatic carbocycles. The van der Waals surface area contributed by atoms with E-state index in [-0.39, 0.29) is 5.82 Å². The van der Waals surface area contributed by atoms with Crippen molar-refractivity contribution >= 4 is 38.6 Å². The standard InChI is InChI=1S/C10H9BrFN3S/c11-7-1-9(13)10(2-8(7)12)14-3-6-4-16-5-15-6/h1-2,4-5,14H,3,13H2. The molecule has 1 aromatic carbocycles. The zero-order valence-electron chi connectivity index (χ0n) is 8.21. The highest BCUT2D eigenvalue weighted by Gasteiger charge is 2.05. The Labute approximate surface area is 105 Å². The van der Waals surface area contributed by atoms with Gasteiger partial charge in [-0.05, 0) is 22.0 Å². The number of benzene rings is 1. The van der Waals surface area contributed by atoms with E-state index in [0.717, 1.165) is 5.69 Å². The maximum Gasteiger partial charge on any atom is 0.139 e. The van der Waals surface area contributed by atoms with Gasteiger partial charge in [0.15, 0.2) is 0 Å². The molecule has 0 aliphatic rings. The molecule has 3 nitrogen and oxygen atoms in total. The van der Waals surface area contributed by atoms with Crippen LogP contribution in [0.4, 0.5) is 15.8 Å². The smallest absolute Gasteiger partial charge is 0.139 e. The van der Waals surface area contributed by atoms with Gasteiger partial charge in [-0.3, -0.25) is 0 Å². The highest BCUT2D eigenvalue weighted by molar-refractivity contribution is 9.10. The lowest BCUT2D eigenvalue weighted by molar-refractivity contribution is 0.622. The second-order valence-electron chi connectivity index (χ2n) is 3.19. The molecule has 2 aromatic rings. The van der Waals surface area contributed by atoms with E-state index >= 15 is 0 Å². The lowest BCUT2D eigenvalue weighted by Crippen LogP contribution is -2.03. The summed E-state index contributed by atoms with van der Waals surface area (Å²) in [7, 11) is 0. The van der Waals surface area contributed by atoms with Crippen LogP contribution < -0.4 is 11.1 Å². The Morgan fingerprint density at radius 2 is 2.31 bits per heavy atom. The van der Waals surface area contributed by atoms with E-state index in [9.17, 15) is 4.39 Å². The summed E-state index contributed by atoms with van der Waals surface area (Å²) in [4.78, 5) is 4.11. The van der Waals surface area contributed by atoms with Crippen molar-refractivity contribution < 1.29 is 4.39 Å². The van der Waals surface area contributed by atoms with Gasteiger partial charge < -0.3 is 11.1 Å². The van der Waals surface area contributed by atoms with Gasteiger partial charge >= 0.3 is 0 Å². The van der Waals surface area contributed by atoms with E-state index < -0.39 is 0 Å². The van der Waals surface area contributed by atoms with Crippen LogP contribution in [0.5, 0.6) is 0 Å². The molecule has 2 rings (SSSR count). The Kier molecular flexibility index (Phi) is 3.40. The average molecular weight is 302 g/mol. The quantitative estimate of drug-likeness (QED) is 0.856. The fourth-order valence-corrected chi connectivity index (χ4v) is 2.15. The predicted octanol–water partition coefficient (Wildman–Crippen LogP) is 3.24. The molecule has 16 heavy (non-hydrogen) atoms. The molecular formula is C10H9BrFN3S. The van der Waals surface area contributed by atoms with Crippen LogP contribution in [0.15, 0.2) is 27.5 Å². The number of anilines is 2. The summed E-state index contributed by atoms with van der Waals surface area (Å²) in [6.07, 6.45) is 0. The molecule has 1 heterocycles. The minimum absolute atomic E-state index is 0.338. The molecule has 1 aromatic heterocycles. The van der Waals surface area contributed by atoms with Crippen LogP contribution in [0.3, 0.4) is 0 Å².